The number of aryl methyl sites for hydroxylation is 1. The number of anilines is 3. The number of pyridine rings is 1. The van der Waals surface area contributed by atoms with Gasteiger partial charge in [0.2, 0.25) is 0 Å². The van der Waals surface area contributed by atoms with E-state index in [1.54, 1.807) is 16.8 Å². The highest BCUT2D eigenvalue weighted by atomic mass is 16.1. The quantitative estimate of drug-likeness (QED) is 0.393. The Hall–Kier alpha value is -4.46. The fourth-order valence-electron chi connectivity index (χ4n) is 3.11. The molecule has 150 valence electrons. The molecule has 1 atom stereocenters. The van der Waals surface area contributed by atoms with Crippen molar-refractivity contribution in [2.75, 3.05) is 16.8 Å². The molecule has 0 radical (unpaired) electrons. The molecule has 4 aromatic heterocycles. The molecule has 4 heterocycles. The van der Waals surface area contributed by atoms with Crippen LogP contribution in [0.5, 0.6) is 0 Å². The zero-order valence-electron chi connectivity index (χ0n) is 16.2. The second-order valence-corrected chi connectivity index (χ2v) is 6.74. The molecular weight excluding hydrogens is 384 g/mol. The maximum absolute atomic E-state index is 11.7. The monoisotopic (exact) mass is 402 g/mol. The van der Waals surface area contributed by atoms with Gasteiger partial charge in [0, 0.05) is 18.0 Å². The van der Waals surface area contributed by atoms with E-state index < -0.39 is 6.04 Å². The molecule has 0 amide bonds. The molecular formula is C19H18N10O. The maximum atomic E-state index is 11.7. The van der Waals surface area contributed by atoms with Gasteiger partial charge in [0.1, 0.15) is 35.3 Å². The minimum atomic E-state index is -0.419. The molecule has 0 aliphatic rings. The van der Waals surface area contributed by atoms with Crippen LogP contribution in [0.15, 0.2) is 35.6 Å². The number of nitriles is 1. The summed E-state index contributed by atoms with van der Waals surface area (Å²) >= 11 is 0. The topological polar surface area (TPSA) is 177 Å². The van der Waals surface area contributed by atoms with Gasteiger partial charge in [-0.1, -0.05) is 0 Å². The van der Waals surface area contributed by atoms with Crippen LogP contribution in [0.25, 0.3) is 16.8 Å². The summed E-state index contributed by atoms with van der Waals surface area (Å²) in [6.45, 7) is 3.78. The summed E-state index contributed by atoms with van der Waals surface area (Å²) in [7, 11) is 0. The van der Waals surface area contributed by atoms with Gasteiger partial charge in [-0.25, -0.2) is 19.5 Å². The molecule has 0 bridgehead atoms. The van der Waals surface area contributed by atoms with E-state index in [1.165, 1.54) is 6.33 Å². The van der Waals surface area contributed by atoms with Crippen molar-refractivity contribution in [3.05, 3.63) is 58.2 Å². The molecule has 0 aliphatic carbocycles. The lowest BCUT2D eigenvalue weighted by atomic mass is 10.1. The molecule has 30 heavy (non-hydrogen) atoms. The van der Waals surface area contributed by atoms with Gasteiger partial charge in [-0.05, 0) is 31.5 Å². The fraction of sp³-hybridized carbons (Fsp3) is 0.158. The Balaban J connectivity index is 1.83. The Kier molecular flexibility index (Phi) is 4.51. The van der Waals surface area contributed by atoms with E-state index in [2.05, 4.69) is 25.4 Å². The molecule has 4 rings (SSSR count). The first-order valence-corrected chi connectivity index (χ1v) is 9.00. The summed E-state index contributed by atoms with van der Waals surface area (Å²) in [4.78, 5) is 26.9. The van der Waals surface area contributed by atoms with Crippen molar-refractivity contribution in [1.82, 2.24) is 29.5 Å². The van der Waals surface area contributed by atoms with Gasteiger partial charge in [0.15, 0.2) is 5.82 Å². The third-order valence-electron chi connectivity index (χ3n) is 4.66. The average Bonchev–Trinajstić information content (AvgIpc) is 3.10. The molecule has 0 aromatic carbocycles. The molecule has 4 aromatic rings. The van der Waals surface area contributed by atoms with Crippen LogP contribution < -0.4 is 22.3 Å². The molecule has 1 unspecified atom stereocenters. The maximum Gasteiger partial charge on any atom is 0.271 e. The molecule has 0 saturated heterocycles. The van der Waals surface area contributed by atoms with E-state index in [1.807, 2.05) is 32.2 Å². The van der Waals surface area contributed by atoms with Crippen LogP contribution in [-0.4, -0.2) is 29.5 Å². The SMILES string of the molecule is Cc1ccn2nc(C(C)Nc3ncnc(N)c3C#N)nc(-c3c[nH]c(=O)c(N)c3)c12. The first kappa shape index (κ1) is 18.9. The fourth-order valence-corrected chi connectivity index (χ4v) is 3.11. The van der Waals surface area contributed by atoms with Crippen molar-refractivity contribution >= 4 is 22.8 Å². The summed E-state index contributed by atoms with van der Waals surface area (Å²) in [5.74, 6) is 0.822. The number of aromatic nitrogens is 6. The van der Waals surface area contributed by atoms with E-state index in [9.17, 15) is 10.1 Å². The second kappa shape index (κ2) is 7.17. The highest BCUT2D eigenvalue weighted by molar-refractivity contribution is 5.80. The van der Waals surface area contributed by atoms with Crippen LogP contribution >= 0.6 is 0 Å². The van der Waals surface area contributed by atoms with E-state index in [-0.39, 0.29) is 22.6 Å². The smallest absolute Gasteiger partial charge is 0.271 e. The Morgan fingerprint density at radius 3 is 2.87 bits per heavy atom. The van der Waals surface area contributed by atoms with Crippen molar-refractivity contribution in [2.45, 2.75) is 19.9 Å². The summed E-state index contributed by atoms with van der Waals surface area (Å²) in [6.07, 6.45) is 4.66. The third kappa shape index (κ3) is 3.16. The van der Waals surface area contributed by atoms with Crippen LogP contribution in [0, 0.1) is 18.3 Å². The normalized spacial score (nSPS) is 11.9. The zero-order chi connectivity index (χ0) is 21.4. The van der Waals surface area contributed by atoms with E-state index in [0.29, 0.717) is 22.9 Å². The minimum Gasteiger partial charge on any atom is -0.394 e. The van der Waals surface area contributed by atoms with Crippen molar-refractivity contribution in [3.63, 3.8) is 0 Å². The van der Waals surface area contributed by atoms with Gasteiger partial charge in [-0.2, -0.15) is 10.4 Å². The van der Waals surface area contributed by atoms with Crippen molar-refractivity contribution in [2.24, 2.45) is 0 Å². The van der Waals surface area contributed by atoms with Crippen molar-refractivity contribution in [1.29, 1.82) is 5.26 Å². The minimum absolute atomic E-state index is 0.0870. The lowest BCUT2D eigenvalue weighted by Gasteiger charge is -2.16. The van der Waals surface area contributed by atoms with Crippen LogP contribution in [-0.2, 0) is 0 Å². The van der Waals surface area contributed by atoms with Gasteiger partial charge < -0.3 is 21.8 Å². The molecule has 11 heteroatoms. The number of rotatable bonds is 4. The Bertz CT molecular complexity index is 1360. The molecule has 0 saturated carbocycles. The largest absolute Gasteiger partial charge is 0.394 e. The second-order valence-electron chi connectivity index (χ2n) is 6.74. The highest BCUT2D eigenvalue weighted by Gasteiger charge is 2.19. The van der Waals surface area contributed by atoms with E-state index in [4.69, 9.17) is 16.5 Å². The lowest BCUT2D eigenvalue weighted by Crippen LogP contribution is -2.16. The van der Waals surface area contributed by atoms with Crippen molar-refractivity contribution < 1.29 is 0 Å². The van der Waals surface area contributed by atoms with E-state index >= 15 is 0 Å². The van der Waals surface area contributed by atoms with Crippen LogP contribution in [0.2, 0.25) is 0 Å². The number of nitrogen functional groups attached to an aromatic ring is 2. The van der Waals surface area contributed by atoms with Crippen LogP contribution in [0.4, 0.5) is 17.3 Å². The number of nitrogens with one attached hydrogen (secondary N) is 2. The van der Waals surface area contributed by atoms with Gasteiger partial charge in [0.25, 0.3) is 5.56 Å². The third-order valence-corrected chi connectivity index (χ3v) is 4.66. The number of H-pyrrole nitrogens is 1. The van der Waals surface area contributed by atoms with Crippen LogP contribution in [0.1, 0.15) is 29.9 Å². The summed E-state index contributed by atoms with van der Waals surface area (Å²) in [5.41, 5.74) is 14.5. The van der Waals surface area contributed by atoms with E-state index in [0.717, 1.165) is 11.1 Å². The number of hydrogen-bond acceptors (Lipinski definition) is 9. The summed E-state index contributed by atoms with van der Waals surface area (Å²) < 4.78 is 1.71. The standard InChI is InChI=1S/C19H18N10O/c1-9-3-4-29-15(9)14(11-5-13(21)19(30)23-7-11)27-17(28-29)10(2)26-18-12(6-20)16(22)24-8-25-18/h3-5,7-8,10H,21H2,1-2H3,(H,23,30)(H3,22,24,25,26). The zero-order valence-corrected chi connectivity index (χ0v) is 16.2. The predicted molar refractivity (Wildman–Crippen MR) is 111 cm³/mol. The Morgan fingerprint density at radius 1 is 1.33 bits per heavy atom. The first-order valence-electron chi connectivity index (χ1n) is 9.00. The molecule has 11 nitrogen and oxygen atoms in total. The highest BCUT2D eigenvalue weighted by Crippen LogP contribution is 2.28. The van der Waals surface area contributed by atoms with Crippen molar-refractivity contribution in [3.8, 4) is 17.3 Å². The lowest BCUT2D eigenvalue weighted by molar-refractivity contribution is 0.728. The number of aromatic amines is 1. The Morgan fingerprint density at radius 2 is 2.13 bits per heavy atom. The molecule has 0 spiro atoms. The van der Waals surface area contributed by atoms with Gasteiger partial charge in [-0.3, -0.25) is 4.79 Å². The summed E-state index contributed by atoms with van der Waals surface area (Å²) in [6, 6.07) is 5.07. The summed E-state index contributed by atoms with van der Waals surface area (Å²) in [5, 5.41) is 17.0. The number of hydrogen-bond donors (Lipinski definition) is 4. The molecule has 0 aliphatic heterocycles. The van der Waals surface area contributed by atoms with Gasteiger partial charge in [0.05, 0.1) is 17.2 Å². The van der Waals surface area contributed by atoms with Gasteiger partial charge in [-0.15, -0.1) is 0 Å². The number of fused-ring (bicyclic) bond motifs is 1. The number of nitrogens with zero attached hydrogens (tertiary/aromatic N) is 6. The Labute approximate surface area is 170 Å². The molecule has 0 fully saturated rings. The number of nitrogens with two attached hydrogens (primary N) is 2. The average molecular weight is 402 g/mol. The predicted octanol–water partition coefficient (Wildman–Crippen LogP) is 1.39. The van der Waals surface area contributed by atoms with Gasteiger partial charge >= 0.3 is 0 Å². The van der Waals surface area contributed by atoms with Crippen LogP contribution in [0.3, 0.4) is 0 Å². The molecule has 6 N–H and O–H groups in total. The first-order chi connectivity index (χ1) is 14.4.